The van der Waals surface area contributed by atoms with Gasteiger partial charge in [-0.25, -0.2) is 9.48 Å². The number of nitrogens with one attached hydrogen (secondary N) is 2. The van der Waals surface area contributed by atoms with Crippen LogP contribution in [0.3, 0.4) is 0 Å². The van der Waals surface area contributed by atoms with Crippen LogP contribution >= 0.6 is 11.8 Å². The van der Waals surface area contributed by atoms with E-state index in [0.717, 1.165) is 50.0 Å². The van der Waals surface area contributed by atoms with Gasteiger partial charge in [-0.05, 0) is 67.3 Å². The largest absolute Gasteiger partial charge is 0.484 e. The van der Waals surface area contributed by atoms with Crippen molar-refractivity contribution in [1.29, 1.82) is 0 Å². The second kappa shape index (κ2) is 14.0. The molecule has 0 saturated carbocycles. The molecule has 2 unspecified atom stereocenters. The molecule has 256 valence electrons. The van der Waals surface area contributed by atoms with E-state index < -0.39 is 0 Å². The minimum absolute atomic E-state index is 0.122. The first-order valence-corrected chi connectivity index (χ1v) is 17.8. The number of carbonyl (C=O) groups excluding carboxylic acids is 1. The minimum Gasteiger partial charge on any atom is -0.484 e. The van der Waals surface area contributed by atoms with Crippen molar-refractivity contribution in [1.82, 2.24) is 29.7 Å². The van der Waals surface area contributed by atoms with E-state index in [1.54, 1.807) is 16.4 Å². The molecule has 0 spiro atoms. The van der Waals surface area contributed by atoms with E-state index in [9.17, 15) is 9.90 Å². The maximum atomic E-state index is 13.6. The molecule has 10 nitrogen and oxygen atoms in total. The lowest BCUT2D eigenvalue weighted by Crippen LogP contribution is -2.36. The fourth-order valence-electron chi connectivity index (χ4n) is 6.24. The Morgan fingerprint density at radius 3 is 2.54 bits per heavy atom. The van der Waals surface area contributed by atoms with Crippen LogP contribution in [0.1, 0.15) is 68.1 Å². The van der Waals surface area contributed by atoms with Crippen LogP contribution in [0.4, 0.5) is 10.6 Å². The lowest BCUT2D eigenvalue weighted by atomic mass is 9.85. The van der Waals surface area contributed by atoms with Crippen molar-refractivity contribution in [3.63, 3.8) is 0 Å². The molecule has 3 heterocycles. The monoisotopic (exact) mass is 687 g/mol. The van der Waals surface area contributed by atoms with Gasteiger partial charge in [-0.2, -0.15) is 5.10 Å². The van der Waals surface area contributed by atoms with Gasteiger partial charge in [0, 0.05) is 27.7 Å². The number of carbonyl (C=O) groups is 1. The van der Waals surface area contributed by atoms with Crippen molar-refractivity contribution >= 4 is 29.3 Å². The number of hydrogen-bond acceptors (Lipinski definition) is 7. The van der Waals surface area contributed by atoms with Gasteiger partial charge in [0.1, 0.15) is 17.7 Å². The van der Waals surface area contributed by atoms with Crippen molar-refractivity contribution in [3.8, 4) is 22.8 Å². The van der Waals surface area contributed by atoms with E-state index in [0.29, 0.717) is 30.2 Å². The Morgan fingerprint density at radius 1 is 0.960 bits per heavy atom. The summed E-state index contributed by atoms with van der Waals surface area (Å²) in [5, 5.41) is 29.3. The second-order valence-corrected chi connectivity index (χ2v) is 14.8. The van der Waals surface area contributed by atoms with Gasteiger partial charge in [-0.3, -0.25) is 9.72 Å². The first kappa shape index (κ1) is 33.4. The van der Waals surface area contributed by atoms with E-state index in [1.807, 2.05) is 90.3 Å². The molecule has 11 heteroatoms. The Labute approximate surface area is 295 Å². The Kier molecular flexibility index (Phi) is 9.35. The summed E-state index contributed by atoms with van der Waals surface area (Å²) in [6.45, 7) is 8.50. The normalized spacial score (nSPS) is 15.9. The van der Waals surface area contributed by atoms with Gasteiger partial charge in [0.2, 0.25) is 0 Å². The summed E-state index contributed by atoms with van der Waals surface area (Å²) in [5.41, 5.74) is 6.47. The number of aliphatic hydroxyl groups is 1. The molecule has 3 aromatic heterocycles. The summed E-state index contributed by atoms with van der Waals surface area (Å²) in [6.07, 6.45) is 3.16. The first-order valence-electron chi connectivity index (χ1n) is 16.9. The summed E-state index contributed by atoms with van der Waals surface area (Å²) in [5.74, 6) is 2.66. The number of nitrogens with zero attached hydrogens (tertiary/aromatic N) is 5. The maximum absolute atomic E-state index is 13.6. The molecule has 3 N–H and O–H groups in total. The maximum Gasteiger partial charge on any atom is 0.320 e. The molecule has 3 aromatic carbocycles. The number of urea groups is 1. The zero-order chi connectivity index (χ0) is 34.8. The first-order chi connectivity index (χ1) is 24.2. The standard InChI is InChI=1S/C39H41N7O3S/c1-25-12-14-27(15-13-25)46-36(23-34(44-46)39(2,3)4)41-38(48)40-32-17-18-33(31-11-6-5-10-30(31)32)49-28-16-19-35-42-43-37(45(35)24-28)26-8-7-9-29(22-26)50-21-20-47/h5-16,19,22-24,32-33,47H,17-18,20-21H2,1-4H3,(H2,40,41,48). The molecule has 0 saturated heterocycles. The highest BCUT2D eigenvalue weighted by molar-refractivity contribution is 7.99. The molecule has 0 aliphatic heterocycles. The zero-order valence-electron chi connectivity index (χ0n) is 28.6. The van der Waals surface area contributed by atoms with Crippen LogP contribution < -0.4 is 15.4 Å². The predicted molar refractivity (Wildman–Crippen MR) is 197 cm³/mol. The number of anilines is 1. The van der Waals surface area contributed by atoms with Gasteiger partial charge in [0.05, 0.1) is 30.2 Å². The van der Waals surface area contributed by atoms with Crippen molar-refractivity contribution in [3.05, 3.63) is 120 Å². The Bertz CT molecular complexity index is 2130. The van der Waals surface area contributed by atoms with Crippen LogP contribution in [0.2, 0.25) is 0 Å². The lowest BCUT2D eigenvalue weighted by Gasteiger charge is -2.32. The van der Waals surface area contributed by atoms with Crippen molar-refractivity contribution in [2.24, 2.45) is 0 Å². The molecular weight excluding hydrogens is 647 g/mol. The van der Waals surface area contributed by atoms with Gasteiger partial charge in [0.25, 0.3) is 0 Å². The van der Waals surface area contributed by atoms with E-state index in [-0.39, 0.29) is 30.2 Å². The number of fused-ring (bicyclic) bond motifs is 2. The summed E-state index contributed by atoms with van der Waals surface area (Å²) < 4.78 is 10.4. The molecule has 1 aliphatic carbocycles. The third-order valence-corrected chi connectivity index (χ3v) is 9.82. The van der Waals surface area contributed by atoms with Crippen LogP contribution in [0.25, 0.3) is 22.7 Å². The van der Waals surface area contributed by atoms with Gasteiger partial charge in [-0.1, -0.05) is 74.9 Å². The van der Waals surface area contributed by atoms with Crippen LogP contribution in [-0.2, 0) is 5.41 Å². The summed E-state index contributed by atoms with van der Waals surface area (Å²) in [4.78, 5) is 14.6. The number of hydrogen-bond donors (Lipinski definition) is 3. The number of aryl methyl sites for hydroxylation is 1. The smallest absolute Gasteiger partial charge is 0.320 e. The quantitative estimate of drug-likeness (QED) is 0.132. The van der Waals surface area contributed by atoms with Crippen LogP contribution in [0.5, 0.6) is 5.75 Å². The van der Waals surface area contributed by atoms with Crippen LogP contribution in [0, 0.1) is 6.92 Å². The van der Waals surface area contributed by atoms with Gasteiger partial charge >= 0.3 is 6.03 Å². The zero-order valence-corrected chi connectivity index (χ0v) is 29.4. The van der Waals surface area contributed by atoms with E-state index in [4.69, 9.17) is 9.84 Å². The Hall–Kier alpha value is -5.13. The number of amides is 2. The topological polar surface area (TPSA) is 119 Å². The third-order valence-electron chi connectivity index (χ3n) is 8.84. The number of pyridine rings is 1. The average Bonchev–Trinajstić information content (AvgIpc) is 3.73. The van der Waals surface area contributed by atoms with Gasteiger partial charge in [-0.15, -0.1) is 22.0 Å². The molecule has 0 bridgehead atoms. The fourth-order valence-corrected chi connectivity index (χ4v) is 6.96. The number of benzene rings is 3. The molecule has 2 amide bonds. The highest BCUT2D eigenvalue weighted by Crippen LogP contribution is 2.39. The van der Waals surface area contributed by atoms with E-state index >= 15 is 0 Å². The second-order valence-electron chi connectivity index (χ2n) is 13.6. The molecular formula is C39H41N7O3S. The molecule has 7 rings (SSSR count). The van der Waals surface area contributed by atoms with Crippen LogP contribution in [-0.4, -0.2) is 47.9 Å². The molecule has 0 radical (unpaired) electrons. The lowest BCUT2D eigenvalue weighted by molar-refractivity contribution is 0.171. The Balaban J connectivity index is 1.09. The molecule has 0 fully saturated rings. The number of aromatic nitrogens is 5. The summed E-state index contributed by atoms with van der Waals surface area (Å²) in [6, 6.07) is 29.6. The number of rotatable bonds is 9. The van der Waals surface area contributed by atoms with Crippen LogP contribution in [0.15, 0.2) is 102 Å². The van der Waals surface area contributed by atoms with Crippen molar-refractivity contribution in [2.45, 2.75) is 63.0 Å². The van der Waals surface area contributed by atoms with Gasteiger partial charge < -0.3 is 15.2 Å². The highest BCUT2D eigenvalue weighted by Gasteiger charge is 2.30. The van der Waals surface area contributed by atoms with Crippen molar-refractivity contribution < 1.29 is 14.6 Å². The molecule has 50 heavy (non-hydrogen) atoms. The molecule has 2 atom stereocenters. The highest BCUT2D eigenvalue weighted by atomic mass is 32.2. The number of thioether (sulfide) groups is 1. The number of ether oxygens (including phenoxy) is 1. The van der Waals surface area contributed by atoms with Crippen molar-refractivity contribution in [2.75, 3.05) is 17.7 Å². The Morgan fingerprint density at radius 2 is 1.76 bits per heavy atom. The molecule has 1 aliphatic rings. The average molecular weight is 688 g/mol. The number of aliphatic hydroxyl groups excluding tert-OH is 1. The minimum atomic E-state index is -0.290. The summed E-state index contributed by atoms with van der Waals surface area (Å²) >= 11 is 1.60. The SMILES string of the molecule is Cc1ccc(-n2nc(C(C)(C)C)cc2NC(=O)NC2CCC(Oc3ccc4nnc(-c5cccc(SCCO)c5)n4c3)c3ccccc32)cc1. The van der Waals surface area contributed by atoms with Gasteiger partial charge in [0.15, 0.2) is 11.5 Å². The van der Waals surface area contributed by atoms with E-state index in [1.165, 1.54) is 0 Å². The predicted octanol–water partition coefficient (Wildman–Crippen LogP) is 8.05. The summed E-state index contributed by atoms with van der Waals surface area (Å²) in [7, 11) is 0. The fraction of sp³-hybridized carbons (Fsp3) is 0.282. The third kappa shape index (κ3) is 7.10. The van der Waals surface area contributed by atoms with E-state index in [2.05, 4.69) is 59.8 Å². The molecule has 6 aromatic rings.